The molecule has 2 aromatic carbocycles. The standard InChI is InChI=1S/C25H30N4O2S/c1-3-27(4-2)17-20(18-28-16-10-15-23(28)30)32-25-26-22-14-9-8-13-21(22)24(31)29(25)19-11-6-5-7-12-19/h5-9,11-14,20H,3-4,10,15-18H2,1-2H3/t20-/m0/s1. The Kier molecular flexibility index (Phi) is 7.27. The molecular weight excluding hydrogens is 420 g/mol. The van der Waals surface area contributed by atoms with Crippen molar-refractivity contribution >= 4 is 28.6 Å². The van der Waals surface area contributed by atoms with Crippen molar-refractivity contribution in [2.45, 2.75) is 37.1 Å². The quantitative estimate of drug-likeness (QED) is 0.367. The van der Waals surface area contributed by atoms with Gasteiger partial charge in [-0.15, -0.1) is 0 Å². The molecule has 1 saturated heterocycles. The lowest BCUT2D eigenvalue weighted by Gasteiger charge is -2.28. The van der Waals surface area contributed by atoms with E-state index >= 15 is 0 Å². The average Bonchev–Trinajstić information content (AvgIpc) is 3.22. The van der Waals surface area contributed by atoms with E-state index in [4.69, 9.17) is 4.98 Å². The van der Waals surface area contributed by atoms with Gasteiger partial charge in [-0.05, 0) is 43.8 Å². The van der Waals surface area contributed by atoms with E-state index < -0.39 is 0 Å². The van der Waals surface area contributed by atoms with Crippen LogP contribution in [0.15, 0.2) is 64.5 Å². The number of aromatic nitrogens is 2. The number of hydrogen-bond acceptors (Lipinski definition) is 5. The Hall–Kier alpha value is -2.64. The van der Waals surface area contributed by atoms with Crippen LogP contribution in [0.2, 0.25) is 0 Å². The Bertz CT molecular complexity index is 1130. The lowest BCUT2D eigenvalue weighted by molar-refractivity contribution is -0.127. The number of thioether (sulfide) groups is 1. The number of hydrogen-bond donors (Lipinski definition) is 0. The molecule has 1 amide bonds. The summed E-state index contributed by atoms with van der Waals surface area (Å²) in [4.78, 5) is 35.1. The molecule has 2 heterocycles. The average molecular weight is 451 g/mol. The van der Waals surface area contributed by atoms with Crippen LogP contribution in [-0.4, -0.2) is 63.2 Å². The largest absolute Gasteiger partial charge is 0.342 e. The summed E-state index contributed by atoms with van der Waals surface area (Å²) in [5.41, 5.74) is 1.44. The number of benzene rings is 2. The molecule has 6 nitrogen and oxygen atoms in total. The van der Waals surface area contributed by atoms with Crippen LogP contribution in [0.25, 0.3) is 16.6 Å². The minimum atomic E-state index is -0.0665. The fourth-order valence-corrected chi connectivity index (χ4v) is 5.47. The highest BCUT2D eigenvalue weighted by molar-refractivity contribution is 7.99. The van der Waals surface area contributed by atoms with E-state index in [2.05, 4.69) is 18.7 Å². The number of para-hydroxylation sites is 2. The maximum Gasteiger partial charge on any atom is 0.266 e. The lowest BCUT2D eigenvalue weighted by atomic mass is 10.2. The van der Waals surface area contributed by atoms with Gasteiger partial charge in [0, 0.05) is 31.3 Å². The number of likely N-dealkylation sites (tertiary alicyclic amines) is 1. The van der Waals surface area contributed by atoms with Gasteiger partial charge >= 0.3 is 0 Å². The molecular formula is C25H30N4O2S. The summed E-state index contributed by atoms with van der Waals surface area (Å²) in [6, 6.07) is 17.2. The Morgan fingerprint density at radius 3 is 2.44 bits per heavy atom. The molecule has 1 aliphatic rings. The highest BCUT2D eigenvalue weighted by Gasteiger charge is 2.26. The van der Waals surface area contributed by atoms with Crippen LogP contribution in [0, 0.1) is 0 Å². The van der Waals surface area contributed by atoms with Gasteiger partial charge in [0.05, 0.1) is 16.6 Å². The summed E-state index contributed by atoms with van der Waals surface area (Å²) >= 11 is 1.60. The third-order valence-corrected chi connectivity index (χ3v) is 7.10. The van der Waals surface area contributed by atoms with Crippen LogP contribution in [0.4, 0.5) is 0 Å². The molecule has 0 radical (unpaired) electrons. The van der Waals surface area contributed by atoms with E-state index in [1.807, 2.05) is 59.5 Å². The topological polar surface area (TPSA) is 58.4 Å². The van der Waals surface area contributed by atoms with Crippen molar-refractivity contribution < 1.29 is 4.79 Å². The maximum atomic E-state index is 13.5. The predicted octanol–water partition coefficient (Wildman–Crippen LogP) is 3.81. The first-order chi connectivity index (χ1) is 15.6. The molecule has 3 aromatic rings. The van der Waals surface area contributed by atoms with E-state index in [1.54, 1.807) is 16.3 Å². The van der Waals surface area contributed by atoms with E-state index in [0.717, 1.165) is 38.3 Å². The maximum absolute atomic E-state index is 13.5. The third-order valence-electron chi connectivity index (χ3n) is 5.98. The third kappa shape index (κ3) is 4.89. The van der Waals surface area contributed by atoms with Crippen molar-refractivity contribution in [2.24, 2.45) is 0 Å². The van der Waals surface area contributed by atoms with Crippen LogP contribution in [0.3, 0.4) is 0 Å². The van der Waals surface area contributed by atoms with Crippen molar-refractivity contribution in [1.82, 2.24) is 19.4 Å². The molecule has 0 unspecified atom stereocenters. The number of nitrogens with zero attached hydrogens (tertiary/aromatic N) is 4. The fourth-order valence-electron chi connectivity index (χ4n) is 4.19. The fraction of sp³-hybridized carbons (Fsp3) is 0.400. The Morgan fingerprint density at radius 1 is 1.03 bits per heavy atom. The van der Waals surface area contributed by atoms with Gasteiger partial charge in [0.1, 0.15) is 0 Å². The predicted molar refractivity (Wildman–Crippen MR) is 131 cm³/mol. The summed E-state index contributed by atoms with van der Waals surface area (Å²) < 4.78 is 1.72. The Balaban J connectivity index is 1.76. The molecule has 1 aromatic heterocycles. The highest BCUT2D eigenvalue weighted by Crippen LogP contribution is 2.27. The molecule has 1 atom stereocenters. The molecule has 0 saturated carbocycles. The molecule has 0 N–H and O–H groups in total. The highest BCUT2D eigenvalue weighted by atomic mass is 32.2. The zero-order valence-electron chi connectivity index (χ0n) is 18.7. The van der Waals surface area contributed by atoms with E-state index in [0.29, 0.717) is 29.0 Å². The molecule has 0 bridgehead atoms. The van der Waals surface area contributed by atoms with Gasteiger partial charge in [0.15, 0.2) is 5.16 Å². The van der Waals surface area contributed by atoms with Crippen LogP contribution >= 0.6 is 11.8 Å². The molecule has 168 valence electrons. The van der Waals surface area contributed by atoms with Crippen LogP contribution in [0.1, 0.15) is 26.7 Å². The zero-order chi connectivity index (χ0) is 22.5. The molecule has 1 fully saturated rings. The van der Waals surface area contributed by atoms with Crippen molar-refractivity contribution in [3.63, 3.8) is 0 Å². The second kappa shape index (κ2) is 10.3. The monoisotopic (exact) mass is 450 g/mol. The van der Waals surface area contributed by atoms with Crippen LogP contribution in [-0.2, 0) is 4.79 Å². The smallest absolute Gasteiger partial charge is 0.266 e. The molecule has 0 aliphatic carbocycles. The normalized spacial score (nSPS) is 15.1. The number of rotatable bonds is 9. The van der Waals surface area contributed by atoms with Crippen LogP contribution < -0.4 is 5.56 Å². The van der Waals surface area contributed by atoms with Gasteiger partial charge in [-0.1, -0.05) is 55.9 Å². The second-order valence-electron chi connectivity index (χ2n) is 8.06. The van der Waals surface area contributed by atoms with Crippen molar-refractivity contribution in [3.8, 4) is 5.69 Å². The number of amides is 1. The first kappa shape index (κ1) is 22.6. The Morgan fingerprint density at radius 2 is 1.75 bits per heavy atom. The second-order valence-corrected chi connectivity index (χ2v) is 9.32. The molecule has 32 heavy (non-hydrogen) atoms. The van der Waals surface area contributed by atoms with Gasteiger partial charge in [-0.3, -0.25) is 14.2 Å². The van der Waals surface area contributed by atoms with Gasteiger partial charge in [-0.2, -0.15) is 0 Å². The molecule has 1 aliphatic heterocycles. The molecule has 4 rings (SSSR count). The summed E-state index contributed by atoms with van der Waals surface area (Å²) in [5, 5.41) is 1.39. The van der Waals surface area contributed by atoms with Crippen molar-refractivity contribution in [2.75, 3.05) is 32.7 Å². The zero-order valence-corrected chi connectivity index (χ0v) is 19.6. The first-order valence-electron chi connectivity index (χ1n) is 11.3. The van der Waals surface area contributed by atoms with Crippen LogP contribution in [0.5, 0.6) is 0 Å². The van der Waals surface area contributed by atoms with Gasteiger partial charge in [-0.25, -0.2) is 4.98 Å². The number of carbonyl (C=O) groups is 1. The van der Waals surface area contributed by atoms with Crippen molar-refractivity contribution in [3.05, 3.63) is 65.0 Å². The van der Waals surface area contributed by atoms with E-state index in [9.17, 15) is 9.59 Å². The summed E-state index contributed by atoms with van der Waals surface area (Å²) in [6.07, 6.45) is 1.55. The van der Waals surface area contributed by atoms with E-state index in [-0.39, 0.29) is 16.7 Å². The van der Waals surface area contributed by atoms with Gasteiger partial charge in [0.2, 0.25) is 5.91 Å². The number of carbonyl (C=O) groups excluding carboxylic acids is 1. The van der Waals surface area contributed by atoms with Gasteiger partial charge < -0.3 is 9.80 Å². The van der Waals surface area contributed by atoms with E-state index in [1.165, 1.54) is 0 Å². The summed E-state index contributed by atoms with van der Waals surface area (Å²) in [6.45, 7) is 8.50. The van der Waals surface area contributed by atoms with Gasteiger partial charge in [0.25, 0.3) is 5.56 Å². The molecule has 7 heteroatoms. The van der Waals surface area contributed by atoms with Crippen molar-refractivity contribution in [1.29, 1.82) is 0 Å². The lowest BCUT2D eigenvalue weighted by Crippen LogP contribution is -2.39. The SMILES string of the molecule is CCN(CC)C[C@@H](CN1CCCC1=O)Sc1nc2ccccc2c(=O)n1-c1ccccc1. The number of fused-ring (bicyclic) bond motifs is 1. The first-order valence-corrected chi connectivity index (χ1v) is 12.2. The summed E-state index contributed by atoms with van der Waals surface area (Å²) in [7, 11) is 0. The molecule has 0 spiro atoms. The minimum absolute atomic E-state index is 0.0665. The Labute approximate surface area is 193 Å². The summed E-state index contributed by atoms with van der Waals surface area (Å²) in [5.74, 6) is 0.224. The minimum Gasteiger partial charge on any atom is -0.342 e.